The molecule has 1 aliphatic rings. The van der Waals surface area contributed by atoms with Gasteiger partial charge in [-0.15, -0.1) is 0 Å². The first kappa shape index (κ1) is 13.5. The Kier molecular flexibility index (Phi) is 7.10. The minimum Gasteiger partial charge on any atom is -0.372 e. The fourth-order valence-electron chi connectivity index (χ4n) is 1.60. The minimum atomic E-state index is 0.809. The Morgan fingerprint density at radius 3 is 2.47 bits per heavy atom. The molecule has 0 aliphatic carbocycles. The molecule has 3 heteroatoms. The van der Waals surface area contributed by atoms with Crippen LogP contribution < -0.4 is 0 Å². The topological polar surface area (TPSA) is 43.4 Å². The molecule has 0 atom stereocenters. The number of fused-ring (bicyclic) bond motifs is 1. The van der Waals surface area contributed by atoms with Crippen molar-refractivity contribution < 1.29 is 14.3 Å². The maximum Gasteiger partial charge on any atom is 0.106 e. The SMILES string of the molecule is C=O.C=O.CCc1cccc2c1COC2. The first-order valence-corrected chi connectivity index (χ1v) is 4.67. The molecular weight excluding hydrogens is 192 g/mol. The average molecular weight is 208 g/mol. The highest BCUT2D eigenvalue weighted by atomic mass is 16.5. The smallest absolute Gasteiger partial charge is 0.106 e. The molecule has 0 saturated carbocycles. The van der Waals surface area contributed by atoms with Crippen molar-refractivity contribution in [3.8, 4) is 0 Å². The number of carbonyl (C=O) groups is 2. The van der Waals surface area contributed by atoms with E-state index in [0.29, 0.717) is 0 Å². The van der Waals surface area contributed by atoms with Gasteiger partial charge in [0, 0.05) is 0 Å². The lowest BCUT2D eigenvalue weighted by atomic mass is 10.0. The molecule has 0 amide bonds. The first-order chi connectivity index (χ1) is 7.42. The second-order valence-electron chi connectivity index (χ2n) is 2.90. The molecule has 82 valence electrons. The number of hydrogen-bond acceptors (Lipinski definition) is 3. The molecule has 0 spiro atoms. The summed E-state index contributed by atoms with van der Waals surface area (Å²) in [5, 5.41) is 0. The van der Waals surface area contributed by atoms with Gasteiger partial charge >= 0.3 is 0 Å². The number of carbonyl (C=O) groups excluding carboxylic acids is 2. The average Bonchev–Trinajstić information content (AvgIpc) is 2.82. The normalized spacial score (nSPS) is 11.5. The summed E-state index contributed by atoms with van der Waals surface area (Å²) in [7, 11) is 0. The summed E-state index contributed by atoms with van der Waals surface area (Å²) in [6.45, 7) is 7.82. The van der Waals surface area contributed by atoms with E-state index in [2.05, 4.69) is 25.1 Å². The molecule has 1 aromatic rings. The van der Waals surface area contributed by atoms with E-state index < -0.39 is 0 Å². The maximum absolute atomic E-state index is 8.00. The Morgan fingerprint density at radius 2 is 1.87 bits per heavy atom. The number of ether oxygens (including phenoxy) is 1. The van der Waals surface area contributed by atoms with Gasteiger partial charge in [0.25, 0.3) is 0 Å². The second-order valence-corrected chi connectivity index (χ2v) is 2.90. The molecule has 0 aromatic heterocycles. The van der Waals surface area contributed by atoms with E-state index in [4.69, 9.17) is 14.3 Å². The number of aryl methyl sites for hydroxylation is 1. The van der Waals surface area contributed by atoms with Crippen LogP contribution in [-0.4, -0.2) is 13.6 Å². The van der Waals surface area contributed by atoms with Crippen LogP contribution in [0.1, 0.15) is 23.6 Å². The number of benzene rings is 1. The fourth-order valence-corrected chi connectivity index (χ4v) is 1.60. The molecule has 15 heavy (non-hydrogen) atoms. The minimum absolute atomic E-state index is 0.809. The highest BCUT2D eigenvalue weighted by Crippen LogP contribution is 2.23. The van der Waals surface area contributed by atoms with Gasteiger partial charge in [-0.05, 0) is 23.1 Å². The van der Waals surface area contributed by atoms with Crippen LogP contribution in [-0.2, 0) is 34.0 Å². The molecule has 1 heterocycles. The van der Waals surface area contributed by atoms with Gasteiger partial charge in [0.1, 0.15) is 13.6 Å². The fraction of sp³-hybridized carbons (Fsp3) is 0.333. The van der Waals surface area contributed by atoms with Gasteiger partial charge in [-0.3, -0.25) is 0 Å². The molecule has 1 aliphatic heterocycles. The Labute approximate surface area is 90.1 Å². The van der Waals surface area contributed by atoms with Crippen LogP contribution in [0, 0.1) is 0 Å². The molecule has 3 nitrogen and oxygen atoms in total. The largest absolute Gasteiger partial charge is 0.372 e. The lowest BCUT2D eigenvalue weighted by Gasteiger charge is -2.02. The third-order valence-electron chi connectivity index (χ3n) is 2.25. The summed E-state index contributed by atoms with van der Waals surface area (Å²) in [5.74, 6) is 0. The third kappa shape index (κ3) is 3.29. The van der Waals surface area contributed by atoms with Crippen LogP contribution in [0.4, 0.5) is 0 Å². The zero-order chi connectivity index (χ0) is 11.7. The van der Waals surface area contributed by atoms with Crippen molar-refractivity contribution in [3.63, 3.8) is 0 Å². The van der Waals surface area contributed by atoms with Crippen molar-refractivity contribution in [3.05, 3.63) is 34.9 Å². The van der Waals surface area contributed by atoms with E-state index in [0.717, 1.165) is 19.6 Å². The third-order valence-corrected chi connectivity index (χ3v) is 2.25. The van der Waals surface area contributed by atoms with Crippen LogP contribution in [0.25, 0.3) is 0 Å². The highest BCUT2D eigenvalue weighted by molar-refractivity contribution is 5.36. The van der Waals surface area contributed by atoms with Crippen LogP contribution in [0.3, 0.4) is 0 Å². The quantitative estimate of drug-likeness (QED) is 0.708. The summed E-state index contributed by atoms with van der Waals surface area (Å²) in [6, 6.07) is 6.46. The van der Waals surface area contributed by atoms with E-state index in [1.807, 2.05) is 13.6 Å². The van der Waals surface area contributed by atoms with Crippen molar-refractivity contribution in [2.75, 3.05) is 0 Å². The monoisotopic (exact) mass is 208 g/mol. The van der Waals surface area contributed by atoms with Crippen molar-refractivity contribution in [1.82, 2.24) is 0 Å². The summed E-state index contributed by atoms with van der Waals surface area (Å²) >= 11 is 0. The van der Waals surface area contributed by atoms with Crippen LogP contribution >= 0.6 is 0 Å². The van der Waals surface area contributed by atoms with Gasteiger partial charge in [0.05, 0.1) is 13.2 Å². The van der Waals surface area contributed by atoms with Gasteiger partial charge in [-0.1, -0.05) is 25.1 Å². The Balaban J connectivity index is 0.000000442. The maximum atomic E-state index is 8.00. The van der Waals surface area contributed by atoms with Gasteiger partial charge in [-0.2, -0.15) is 0 Å². The lowest BCUT2D eigenvalue weighted by Crippen LogP contribution is -1.89. The molecule has 0 radical (unpaired) electrons. The van der Waals surface area contributed by atoms with E-state index in [-0.39, 0.29) is 0 Å². The summed E-state index contributed by atoms with van der Waals surface area (Å²) in [6.07, 6.45) is 1.12. The van der Waals surface area contributed by atoms with Crippen molar-refractivity contribution in [2.45, 2.75) is 26.6 Å². The van der Waals surface area contributed by atoms with Gasteiger partial charge < -0.3 is 14.3 Å². The van der Waals surface area contributed by atoms with E-state index >= 15 is 0 Å². The predicted molar refractivity (Wildman–Crippen MR) is 58.6 cm³/mol. The Morgan fingerprint density at radius 1 is 1.20 bits per heavy atom. The lowest BCUT2D eigenvalue weighted by molar-refractivity contribution is -0.0987. The van der Waals surface area contributed by atoms with Gasteiger partial charge in [0.15, 0.2) is 0 Å². The highest BCUT2D eigenvalue weighted by Gasteiger charge is 2.12. The Hall–Kier alpha value is -1.48. The zero-order valence-electron chi connectivity index (χ0n) is 8.99. The van der Waals surface area contributed by atoms with Crippen LogP contribution in [0.15, 0.2) is 18.2 Å². The van der Waals surface area contributed by atoms with Gasteiger partial charge in [0.2, 0.25) is 0 Å². The zero-order valence-corrected chi connectivity index (χ0v) is 8.99. The first-order valence-electron chi connectivity index (χ1n) is 4.67. The van der Waals surface area contributed by atoms with Crippen LogP contribution in [0.5, 0.6) is 0 Å². The molecule has 0 saturated heterocycles. The van der Waals surface area contributed by atoms with E-state index in [9.17, 15) is 0 Å². The molecule has 0 N–H and O–H groups in total. The summed E-state index contributed by atoms with van der Waals surface area (Å²) in [4.78, 5) is 16.0. The standard InChI is InChI=1S/C10H12O.2CH2O/c1-2-8-4-3-5-9-6-11-7-10(8)9;2*1-2/h3-5H,2,6-7H2,1H3;2*1H2. The number of hydrogen-bond donors (Lipinski definition) is 0. The van der Waals surface area contributed by atoms with Gasteiger partial charge in [-0.25, -0.2) is 0 Å². The van der Waals surface area contributed by atoms with Crippen molar-refractivity contribution >= 4 is 13.6 Å². The molecule has 0 unspecified atom stereocenters. The van der Waals surface area contributed by atoms with Crippen LogP contribution in [0.2, 0.25) is 0 Å². The predicted octanol–water partition coefficient (Wildman–Crippen LogP) is 1.91. The summed E-state index contributed by atoms with van der Waals surface area (Å²) < 4.78 is 5.36. The Bertz CT molecular complexity index is 295. The second kappa shape index (κ2) is 7.88. The van der Waals surface area contributed by atoms with Crippen molar-refractivity contribution in [1.29, 1.82) is 0 Å². The molecule has 2 rings (SSSR count). The van der Waals surface area contributed by atoms with Crippen molar-refractivity contribution in [2.24, 2.45) is 0 Å². The molecular formula is C12H16O3. The van der Waals surface area contributed by atoms with E-state index in [1.165, 1.54) is 16.7 Å². The molecule has 0 bridgehead atoms. The summed E-state index contributed by atoms with van der Waals surface area (Å²) in [5.41, 5.74) is 4.25. The van der Waals surface area contributed by atoms with E-state index in [1.54, 1.807) is 0 Å². The molecule has 0 fully saturated rings. The number of rotatable bonds is 1. The molecule has 1 aromatic carbocycles.